The summed E-state index contributed by atoms with van der Waals surface area (Å²) in [5.74, 6) is -0.745. The number of aromatic nitrogens is 1. The number of aliphatic carboxylic acids is 1. The second-order valence-corrected chi connectivity index (χ2v) is 7.78. The molecule has 27 heavy (non-hydrogen) atoms. The van der Waals surface area contributed by atoms with E-state index in [1.165, 1.54) is 0 Å². The Bertz CT molecular complexity index is 970. The highest BCUT2D eigenvalue weighted by molar-refractivity contribution is 9.10. The van der Waals surface area contributed by atoms with Crippen molar-refractivity contribution in [2.24, 2.45) is 0 Å². The number of carbonyl (C=O) groups is 1. The van der Waals surface area contributed by atoms with Gasteiger partial charge in [-0.1, -0.05) is 58.7 Å². The van der Waals surface area contributed by atoms with E-state index in [2.05, 4.69) is 37.9 Å². The van der Waals surface area contributed by atoms with Crippen LogP contribution in [0.3, 0.4) is 0 Å². The average Bonchev–Trinajstić information content (AvgIpc) is 2.70. The first kappa shape index (κ1) is 18.1. The molecule has 1 aliphatic rings. The van der Waals surface area contributed by atoms with Crippen LogP contribution in [0.15, 0.2) is 65.3 Å². The normalized spacial score (nSPS) is 19.1. The van der Waals surface area contributed by atoms with E-state index in [9.17, 15) is 9.90 Å². The van der Waals surface area contributed by atoms with Crippen molar-refractivity contribution in [1.29, 1.82) is 0 Å². The molecule has 2 unspecified atom stereocenters. The van der Waals surface area contributed by atoms with Crippen LogP contribution in [-0.4, -0.2) is 33.5 Å². The van der Waals surface area contributed by atoms with Crippen LogP contribution in [0, 0.1) is 0 Å². The second kappa shape index (κ2) is 7.79. The number of benzene rings is 2. The first-order chi connectivity index (χ1) is 13.2. The fraction of sp³-hybridized carbons (Fsp3) is 0.273. The molecule has 1 saturated heterocycles. The quantitative estimate of drug-likeness (QED) is 0.638. The lowest BCUT2D eigenvalue weighted by Gasteiger charge is -2.40. The molecular weight excluding hydrogens is 404 g/mol. The Kier molecular flexibility index (Phi) is 5.23. The molecule has 0 radical (unpaired) electrons. The SMILES string of the molecule is O=C(O)C1CCCCN1C(c1ccccc1Br)c1ccnc2ccccc12. The van der Waals surface area contributed by atoms with Crippen molar-refractivity contribution in [2.45, 2.75) is 31.3 Å². The first-order valence-corrected chi connectivity index (χ1v) is 10.0. The van der Waals surface area contributed by atoms with Crippen molar-refractivity contribution < 1.29 is 9.90 Å². The van der Waals surface area contributed by atoms with Gasteiger partial charge in [-0.25, -0.2) is 0 Å². The molecule has 4 rings (SSSR count). The lowest BCUT2D eigenvalue weighted by atomic mass is 9.90. The van der Waals surface area contributed by atoms with Crippen LogP contribution in [-0.2, 0) is 4.79 Å². The van der Waals surface area contributed by atoms with Gasteiger partial charge in [-0.05, 0) is 48.7 Å². The fourth-order valence-electron chi connectivity index (χ4n) is 4.11. The number of para-hydroxylation sites is 1. The number of carboxylic acids is 1. The predicted octanol–water partition coefficient (Wildman–Crippen LogP) is 5.03. The molecule has 0 amide bonds. The number of fused-ring (bicyclic) bond motifs is 1. The van der Waals surface area contributed by atoms with Gasteiger partial charge < -0.3 is 5.11 Å². The summed E-state index contributed by atoms with van der Waals surface area (Å²) in [6, 6.07) is 17.6. The molecule has 4 nitrogen and oxygen atoms in total. The second-order valence-electron chi connectivity index (χ2n) is 6.93. The van der Waals surface area contributed by atoms with Crippen LogP contribution >= 0.6 is 15.9 Å². The van der Waals surface area contributed by atoms with E-state index in [0.717, 1.165) is 45.9 Å². The molecular formula is C22H21BrN2O2. The van der Waals surface area contributed by atoms with Gasteiger partial charge in [0, 0.05) is 16.1 Å². The van der Waals surface area contributed by atoms with E-state index in [-0.39, 0.29) is 6.04 Å². The Hall–Kier alpha value is -2.24. The fourth-order valence-corrected chi connectivity index (χ4v) is 4.61. The van der Waals surface area contributed by atoms with E-state index in [1.54, 1.807) is 0 Å². The third-order valence-corrected chi connectivity index (χ3v) is 6.06. The zero-order valence-electron chi connectivity index (χ0n) is 14.9. The highest BCUT2D eigenvalue weighted by Gasteiger charge is 2.36. The van der Waals surface area contributed by atoms with Crippen LogP contribution in [0.4, 0.5) is 0 Å². The van der Waals surface area contributed by atoms with E-state index in [0.29, 0.717) is 6.42 Å². The first-order valence-electron chi connectivity index (χ1n) is 9.23. The van der Waals surface area contributed by atoms with Crippen LogP contribution in [0.2, 0.25) is 0 Å². The molecule has 1 fully saturated rings. The maximum absolute atomic E-state index is 12.0. The molecule has 3 aromatic rings. The van der Waals surface area contributed by atoms with Gasteiger partial charge >= 0.3 is 5.97 Å². The van der Waals surface area contributed by atoms with E-state index >= 15 is 0 Å². The summed E-state index contributed by atoms with van der Waals surface area (Å²) >= 11 is 3.69. The van der Waals surface area contributed by atoms with Gasteiger partial charge in [0.25, 0.3) is 0 Å². The summed E-state index contributed by atoms with van der Waals surface area (Å²) in [5.41, 5.74) is 3.11. The molecule has 0 aliphatic carbocycles. The van der Waals surface area contributed by atoms with Gasteiger partial charge in [0.15, 0.2) is 0 Å². The zero-order valence-corrected chi connectivity index (χ0v) is 16.5. The molecule has 2 aromatic carbocycles. The van der Waals surface area contributed by atoms with Crippen molar-refractivity contribution in [3.05, 3.63) is 76.4 Å². The molecule has 5 heteroatoms. The third kappa shape index (κ3) is 3.49. The molecule has 0 spiro atoms. The van der Waals surface area contributed by atoms with E-state index in [4.69, 9.17) is 0 Å². The largest absolute Gasteiger partial charge is 0.480 e. The Morgan fingerprint density at radius 2 is 1.85 bits per heavy atom. The standard InChI is InChI=1S/C22H21BrN2O2/c23-18-9-3-1-8-17(18)21(25-14-6-5-11-20(25)22(26)27)16-12-13-24-19-10-4-2-7-15(16)19/h1-4,7-10,12-13,20-21H,5-6,11,14H2,(H,26,27). The number of carboxylic acid groups (broad SMARTS) is 1. The number of piperidine rings is 1. The van der Waals surface area contributed by atoms with Gasteiger partial charge in [0.1, 0.15) is 6.04 Å². The van der Waals surface area contributed by atoms with Crippen LogP contribution in [0.25, 0.3) is 10.9 Å². The number of hydrogen-bond acceptors (Lipinski definition) is 3. The van der Waals surface area contributed by atoms with Crippen molar-refractivity contribution in [2.75, 3.05) is 6.54 Å². The summed E-state index contributed by atoms with van der Waals surface area (Å²) < 4.78 is 0.991. The van der Waals surface area contributed by atoms with Crippen molar-refractivity contribution in [3.63, 3.8) is 0 Å². The van der Waals surface area contributed by atoms with E-state index in [1.807, 2.05) is 48.7 Å². The Morgan fingerprint density at radius 3 is 2.67 bits per heavy atom. The molecule has 0 saturated carbocycles. The maximum atomic E-state index is 12.0. The van der Waals surface area contributed by atoms with Gasteiger partial charge in [-0.3, -0.25) is 14.7 Å². The number of hydrogen-bond donors (Lipinski definition) is 1. The summed E-state index contributed by atoms with van der Waals surface area (Å²) in [6.07, 6.45) is 4.46. The Labute approximate surface area is 167 Å². The monoisotopic (exact) mass is 424 g/mol. The minimum Gasteiger partial charge on any atom is -0.480 e. The van der Waals surface area contributed by atoms with Crippen molar-refractivity contribution in [3.8, 4) is 0 Å². The smallest absolute Gasteiger partial charge is 0.320 e. The third-order valence-electron chi connectivity index (χ3n) is 5.34. The number of nitrogens with zero attached hydrogens (tertiary/aromatic N) is 2. The van der Waals surface area contributed by atoms with Crippen LogP contribution in [0.5, 0.6) is 0 Å². The highest BCUT2D eigenvalue weighted by Crippen LogP contribution is 2.39. The lowest BCUT2D eigenvalue weighted by Crippen LogP contribution is -2.47. The minimum absolute atomic E-state index is 0.144. The highest BCUT2D eigenvalue weighted by atomic mass is 79.9. The van der Waals surface area contributed by atoms with Gasteiger partial charge in [0.05, 0.1) is 11.6 Å². The summed E-state index contributed by atoms with van der Waals surface area (Å²) in [6.45, 7) is 0.764. The van der Waals surface area contributed by atoms with Gasteiger partial charge in [-0.2, -0.15) is 0 Å². The summed E-state index contributed by atoms with van der Waals surface area (Å²) in [7, 11) is 0. The topological polar surface area (TPSA) is 53.4 Å². The number of likely N-dealkylation sites (tertiary alicyclic amines) is 1. The van der Waals surface area contributed by atoms with Gasteiger partial charge in [0.2, 0.25) is 0 Å². The summed E-state index contributed by atoms with van der Waals surface area (Å²) in [4.78, 5) is 18.7. The molecule has 2 heterocycles. The number of rotatable bonds is 4. The summed E-state index contributed by atoms with van der Waals surface area (Å²) in [5, 5.41) is 10.9. The molecule has 1 aromatic heterocycles. The van der Waals surface area contributed by atoms with Crippen LogP contribution < -0.4 is 0 Å². The van der Waals surface area contributed by atoms with Crippen LogP contribution in [0.1, 0.15) is 36.4 Å². The molecule has 2 atom stereocenters. The molecule has 1 N–H and O–H groups in total. The zero-order chi connectivity index (χ0) is 18.8. The lowest BCUT2D eigenvalue weighted by molar-refractivity contribution is -0.145. The molecule has 0 bridgehead atoms. The predicted molar refractivity (Wildman–Crippen MR) is 110 cm³/mol. The molecule has 138 valence electrons. The van der Waals surface area contributed by atoms with Gasteiger partial charge in [-0.15, -0.1) is 0 Å². The number of pyridine rings is 1. The average molecular weight is 425 g/mol. The minimum atomic E-state index is -0.745. The Morgan fingerprint density at radius 1 is 1.07 bits per heavy atom. The van der Waals surface area contributed by atoms with E-state index < -0.39 is 12.0 Å². The van der Waals surface area contributed by atoms with Crippen molar-refractivity contribution >= 4 is 32.8 Å². The van der Waals surface area contributed by atoms with Crippen molar-refractivity contribution in [1.82, 2.24) is 9.88 Å². The Balaban J connectivity index is 1.93. The molecule has 1 aliphatic heterocycles. The maximum Gasteiger partial charge on any atom is 0.320 e. The number of halogens is 1.